The van der Waals surface area contributed by atoms with Crippen molar-refractivity contribution in [1.82, 2.24) is 29.7 Å². The number of aryl methyl sites for hydroxylation is 2. The lowest BCUT2D eigenvalue weighted by Gasteiger charge is -2.24. The molecule has 23 heteroatoms. The second kappa shape index (κ2) is 17.6. The Morgan fingerprint density at radius 2 is 1.15 bits per heavy atom. The predicted octanol–water partition coefficient (Wildman–Crippen LogP) is 5.38. The fourth-order valence-electron chi connectivity index (χ4n) is 7.16. The van der Waals surface area contributed by atoms with Gasteiger partial charge in [-0.3, -0.25) is 23.9 Å². The molecule has 0 spiro atoms. The molecule has 4 aliphatic rings. The van der Waals surface area contributed by atoms with Gasteiger partial charge in [-0.15, -0.1) is 0 Å². The maximum atomic E-state index is 13.1. The lowest BCUT2D eigenvalue weighted by Crippen LogP contribution is -2.35. The number of hydrogen-bond donors (Lipinski definition) is 4. The number of fused-ring (bicyclic) bond motifs is 2. The second-order valence-corrected chi connectivity index (χ2v) is 21.4. The molecule has 6 heterocycles. The summed E-state index contributed by atoms with van der Waals surface area (Å²) in [5, 5.41) is 10.9. The van der Waals surface area contributed by atoms with Crippen LogP contribution in [0.5, 0.6) is 0 Å². The van der Waals surface area contributed by atoms with Crippen molar-refractivity contribution >= 4 is 94.0 Å². The summed E-state index contributed by atoms with van der Waals surface area (Å²) in [6.45, 7) is 11.6. The van der Waals surface area contributed by atoms with E-state index in [0.29, 0.717) is 68.3 Å². The largest absolute Gasteiger partial charge is 0.331 e. The maximum absolute atomic E-state index is 13.1. The SMILES string of the molecule is CC(=O)Nc1nc(C)c(-c2cc3c(c(Cl)n2)C(=O)N([C@@H](C)C2CC2)C3)s1.CC(=O)Nc1nc(C)c(-c2cc3c(c(NS(C)(=O)=O)n2)C(=O)N([C@@H](C)C2CC2)C3)s1.CS(N)(=O)=O. The lowest BCUT2D eigenvalue weighted by atomic mass is 10.1. The summed E-state index contributed by atoms with van der Waals surface area (Å²) < 4.78 is 45.1. The van der Waals surface area contributed by atoms with Gasteiger partial charge in [0.2, 0.25) is 31.9 Å². The molecule has 2 saturated carbocycles. The molecule has 0 unspecified atom stereocenters. The van der Waals surface area contributed by atoms with Gasteiger partial charge in [-0.1, -0.05) is 34.3 Å². The minimum absolute atomic E-state index is 0.0246. The Bertz CT molecular complexity index is 2650. The van der Waals surface area contributed by atoms with Crippen molar-refractivity contribution in [3.63, 3.8) is 0 Å². The third-order valence-corrected chi connectivity index (χ3v) is 13.3. The van der Waals surface area contributed by atoms with E-state index < -0.39 is 20.0 Å². The Balaban J connectivity index is 0.000000185. The minimum Gasteiger partial charge on any atom is -0.331 e. The molecular weight excluding hydrogens is 888 g/mol. The summed E-state index contributed by atoms with van der Waals surface area (Å²) in [6.07, 6.45) is 6.54. The van der Waals surface area contributed by atoms with Crippen LogP contribution in [-0.4, -0.2) is 94.8 Å². The van der Waals surface area contributed by atoms with Crippen molar-refractivity contribution in [1.29, 1.82) is 0 Å². The molecule has 2 aliphatic heterocycles. The maximum Gasteiger partial charge on any atom is 0.258 e. The topological polar surface area (TPSA) is 257 Å². The number of primary sulfonamides is 1. The lowest BCUT2D eigenvalue weighted by molar-refractivity contribution is -0.115. The minimum atomic E-state index is -3.64. The predicted molar refractivity (Wildman–Crippen MR) is 235 cm³/mol. The molecular formula is C38H47ClN10O8S4. The number of thiazole rings is 2. The van der Waals surface area contributed by atoms with Gasteiger partial charge in [-0.25, -0.2) is 41.9 Å². The van der Waals surface area contributed by atoms with E-state index in [-0.39, 0.29) is 46.7 Å². The fraction of sp³-hybridized carbons (Fsp3) is 0.474. The Hall–Kier alpha value is -4.61. The molecule has 18 nitrogen and oxygen atoms in total. The molecule has 8 rings (SSSR count). The van der Waals surface area contributed by atoms with Gasteiger partial charge in [0.05, 0.1) is 56.2 Å². The van der Waals surface area contributed by atoms with Crippen LogP contribution in [-0.2, 0) is 42.7 Å². The van der Waals surface area contributed by atoms with Crippen LogP contribution >= 0.6 is 34.3 Å². The summed E-state index contributed by atoms with van der Waals surface area (Å²) in [7, 11) is -6.80. The van der Waals surface area contributed by atoms with E-state index in [9.17, 15) is 36.0 Å². The molecule has 0 aromatic carbocycles. The molecule has 2 aliphatic carbocycles. The van der Waals surface area contributed by atoms with E-state index in [2.05, 4.69) is 47.4 Å². The van der Waals surface area contributed by atoms with Crippen molar-refractivity contribution in [2.24, 2.45) is 17.0 Å². The van der Waals surface area contributed by atoms with Crippen molar-refractivity contribution in [3.05, 3.63) is 50.9 Å². The molecule has 0 saturated heterocycles. The van der Waals surface area contributed by atoms with Crippen LogP contribution < -0.4 is 20.5 Å². The zero-order chi connectivity index (χ0) is 44.9. The van der Waals surface area contributed by atoms with Gasteiger partial charge in [0.25, 0.3) is 11.8 Å². The van der Waals surface area contributed by atoms with Crippen LogP contribution in [0.15, 0.2) is 12.1 Å². The zero-order valence-electron chi connectivity index (χ0n) is 34.7. The first-order chi connectivity index (χ1) is 28.4. The molecule has 2 fully saturated rings. The quantitative estimate of drug-likeness (QED) is 0.146. The summed E-state index contributed by atoms with van der Waals surface area (Å²) in [5.74, 6) is 0.509. The highest BCUT2D eigenvalue weighted by atomic mass is 35.5. The van der Waals surface area contributed by atoms with Crippen molar-refractivity contribution < 1.29 is 36.0 Å². The van der Waals surface area contributed by atoms with Gasteiger partial charge in [0.1, 0.15) is 5.15 Å². The Labute approximate surface area is 367 Å². The first-order valence-electron chi connectivity index (χ1n) is 19.2. The average molecular weight is 936 g/mol. The highest BCUT2D eigenvalue weighted by Crippen LogP contribution is 2.43. The number of hydrogen-bond acceptors (Lipinski definition) is 14. The summed E-state index contributed by atoms with van der Waals surface area (Å²) in [6, 6.07) is 4.07. The Kier molecular flexibility index (Phi) is 13.3. The van der Waals surface area contributed by atoms with Crippen LogP contribution in [0.2, 0.25) is 5.15 Å². The van der Waals surface area contributed by atoms with E-state index in [4.69, 9.17) is 11.6 Å². The highest BCUT2D eigenvalue weighted by molar-refractivity contribution is 7.92. The fourth-order valence-corrected chi connectivity index (χ4v) is 9.89. The molecule has 4 amide bonds. The van der Waals surface area contributed by atoms with E-state index >= 15 is 0 Å². The first-order valence-corrected chi connectivity index (χ1v) is 25.1. The molecule has 61 heavy (non-hydrogen) atoms. The van der Waals surface area contributed by atoms with Gasteiger partial charge >= 0.3 is 0 Å². The van der Waals surface area contributed by atoms with Crippen LogP contribution in [0, 0.1) is 25.7 Å². The second-order valence-electron chi connectivity index (χ2n) is 15.7. The van der Waals surface area contributed by atoms with Crippen LogP contribution in [0.3, 0.4) is 0 Å². The molecule has 4 aromatic rings. The van der Waals surface area contributed by atoms with E-state index in [0.717, 1.165) is 47.1 Å². The number of sulfonamides is 2. The van der Waals surface area contributed by atoms with Gasteiger partial charge < -0.3 is 20.4 Å². The van der Waals surface area contributed by atoms with Crippen molar-refractivity contribution in [3.8, 4) is 21.1 Å². The number of anilines is 3. The summed E-state index contributed by atoms with van der Waals surface area (Å²) in [4.78, 5) is 71.4. The van der Waals surface area contributed by atoms with E-state index in [1.54, 1.807) is 11.8 Å². The molecule has 0 bridgehead atoms. The van der Waals surface area contributed by atoms with E-state index in [1.165, 1.54) is 49.4 Å². The van der Waals surface area contributed by atoms with E-state index in [1.807, 2.05) is 30.9 Å². The third kappa shape index (κ3) is 11.3. The number of nitrogens with one attached hydrogen (secondary N) is 3. The van der Waals surface area contributed by atoms with Crippen molar-refractivity contribution in [2.45, 2.75) is 92.4 Å². The standard InChI is InChI=1S/C19H23N5O4S2.C18H19ClN4O2S.CH5NO2S/c1-9-16(29-19(20-9)21-11(3)25)14-7-13-8-24(10(2)12-5-6-12)18(26)15(13)17(22-14)23-30(4,27)28;1-8-15(26-18(20-8)21-10(3)24)13-6-12-7-23(9(2)11-4-5-11)17(25)14(12)16(19)22-13;1-5(2,3)4/h7,10,12H,5-6,8H2,1-4H3,(H,22,23)(H,20,21,25);6,9,11H,4-5,7H2,1-3H3,(H,20,21,24);1H3,(H2,2,3,4)/t10-;9-;/m00./s1. The number of amides is 4. The van der Waals surface area contributed by atoms with Gasteiger partial charge in [0, 0.05) is 39.0 Å². The van der Waals surface area contributed by atoms with Crippen LogP contribution in [0.25, 0.3) is 21.1 Å². The third-order valence-electron chi connectivity index (χ3n) is 10.3. The number of nitrogens with zero attached hydrogens (tertiary/aromatic N) is 6. The summed E-state index contributed by atoms with van der Waals surface area (Å²) in [5.41, 5.74) is 5.11. The number of pyridine rings is 2. The van der Waals surface area contributed by atoms with Crippen LogP contribution in [0.1, 0.15) is 96.6 Å². The number of aromatic nitrogens is 4. The number of rotatable bonds is 10. The van der Waals surface area contributed by atoms with Crippen LogP contribution in [0.4, 0.5) is 16.1 Å². The molecule has 5 N–H and O–H groups in total. The molecule has 328 valence electrons. The normalized spacial score (nSPS) is 16.8. The zero-order valence-corrected chi connectivity index (χ0v) is 38.8. The number of carbonyl (C=O) groups excluding carboxylic acids is 4. The number of carbonyl (C=O) groups is 4. The van der Waals surface area contributed by atoms with Gasteiger partial charge in [0.15, 0.2) is 16.1 Å². The monoisotopic (exact) mass is 934 g/mol. The number of nitrogens with two attached hydrogens (primary N) is 1. The summed E-state index contributed by atoms with van der Waals surface area (Å²) >= 11 is 8.99. The average Bonchev–Trinajstić information content (AvgIpc) is 4.03. The molecule has 2 atom stereocenters. The Morgan fingerprint density at radius 1 is 0.754 bits per heavy atom. The van der Waals surface area contributed by atoms with Gasteiger partial charge in [-0.2, -0.15) is 0 Å². The first kappa shape index (κ1) is 45.9. The van der Waals surface area contributed by atoms with Gasteiger partial charge in [-0.05, 0) is 88.5 Å². The molecule has 4 aromatic heterocycles. The smallest absolute Gasteiger partial charge is 0.258 e. The highest BCUT2D eigenvalue weighted by Gasteiger charge is 2.42. The molecule has 0 radical (unpaired) electrons. The van der Waals surface area contributed by atoms with Crippen molar-refractivity contribution in [2.75, 3.05) is 27.9 Å². The Morgan fingerprint density at radius 3 is 1.54 bits per heavy atom. The number of halogens is 1.